The van der Waals surface area contributed by atoms with Crippen LogP contribution in [0, 0.1) is 0 Å². The lowest BCUT2D eigenvalue weighted by molar-refractivity contribution is 0.233. The Morgan fingerprint density at radius 1 is 0.846 bits per heavy atom. The zero-order valence-corrected chi connectivity index (χ0v) is 16.5. The van der Waals surface area contributed by atoms with Crippen LogP contribution in [0.2, 0.25) is 0 Å². The van der Waals surface area contributed by atoms with Gasteiger partial charge in [-0.2, -0.15) is 0 Å². The van der Waals surface area contributed by atoms with Crippen molar-refractivity contribution in [1.29, 1.82) is 0 Å². The minimum atomic E-state index is -3.48. The van der Waals surface area contributed by atoms with E-state index in [2.05, 4.69) is 9.80 Å². The van der Waals surface area contributed by atoms with Gasteiger partial charge in [0.05, 0.1) is 17.9 Å². The molecule has 5 nitrogen and oxygen atoms in total. The summed E-state index contributed by atoms with van der Waals surface area (Å²) in [5.41, 5.74) is 1.82. The number of hydrogen-bond donors (Lipinski definition) is 0. The summed E-state index contributed by atoms with van der Waals surface area (Å²) in [7, 11) is -3.48. The average Bonchev–Trinajstić information content (AvgIpc) is 3.22. The Balaban J connectivity index is 1.55. The largest absolute Gasteiger partial charge is 0.367 e. The van der Waals surface area contributed by atoms with Crippen LogP contribution in [0.3, 0.4) is 0 Å². The fraction of sp³-hybridized carbons (Fsp3) is 0.474. The maximum Gasteiger partial charge on any atom is 0.273 e. The molecular weight excluding hydrogens is 366 g/mol. The molecule has 0 bridgehead atoms. The lowest BCUT2D eigenvalue weighted by Crippen LogP contribution is -2.46. The van der Waals surface area contributed by atoms with Crippen molar-refractivity contribution in [2.24, 2.45) is 0 Å². The molecule has 2 aliphatic heterocycles. The van der Waals surface area contributed by atoms with Crippen molar-refractivity contribution < 1.29 is 8.42 Å². The van der Waals surface area contributed by atoms with Gasteiger partial charge in [0.15, 0.2) is 0 Å². The number of fused-ring (bicyclic) bond motifs is 1. The molecule has 1 saturated heterocycles. The summed E-state index contributed by atoms with van der Waals surface area (Å²) in [5.74, 6) is 0. The highest BCUT2D eigenvalue weighted by Gasteiger charge is 2.32. The van der Waals surface area contributed by atoms with E-state index in [0.29, 0.717) is 10.8 Å². The molecule has 26 heavy (non-hydrogen) atoms. The number of likely N-dealkylation sites (tertiary alicyclic amines) is 1. The van der Waals surface area contributed by atoms with Gasteiger partial charge in [-0.05, 0) is 49.5 Å². The van der Waals surface area contributed by atoms with E-state index in [1.807, 2.05) is 29.6 Å². The normalized spacial score (nSPS) is 18.8. The van der Waals surface area contributed by atoms with Gasteiger partial charge in [-0.15, -0.1) is 11.3 Å². The van der Waals surface area contributed by atoms with E-state index >= 15 is 0 Å². The second-order valence-electron chi connectivity index (χ2n) is 6.89. The first-order valence-corrected chi connectivity index (χ1v) is 11.6. The standard InChI is InChI=1S/C19H25N3O2S2/c23-26(24,19-9-6-16-25-19)22-15-14-21(17-7-2-3-8-18(17)22)13-12-20-10-4-1-5-11-20/h2-3,6-9,16H,1,4-5,10-15H2. The van der Waals surface area contributed by atoms with Crippen molar-refractivity contribution in [1.82, 2.24) is 4.90 Å². The molecule has 0 unspecified atom stereocenters. The molecule has 1 fully saturated rings. The Kier molecular flexibility index (Phi) is 5.20. The first-order chi connectivity index (χ1) is 12.7. The number of anilines is 2. The summed E-state index contributed by atoms with van der Waals surface area (Å²) < 4.78 is 28.1. The number of rotatable bonds is 5. The van der Waals surface area contributed by atoms with Crippen molar-refractivity contribution in [3.63, 3.8) is 0 Å². The molecule has 1 aromatic carbocycles. The molecule has 0 aliphatic carbocycles. The molecule has 0 amide bonds. The van der Waals surface area contributed by atoms with Gasteiger partial charge in [0.2, 0.25) is 0 Å². The number of benzene rings is 1. The van der Waals surface area contributed by atoms with Crippen LogP contribution in [-0.2, 0) is 10.0 Å². The Morgan fingerprint density at radius 3 is 2.35 bits per heavy atom. The number of piperidine rings is 1. The van der Waals surface area contributed by atoms with Gasteiger partial charge in [0, 0.05) is 19.6 Å². The second kappa shape index (κ2) is 7.58. The van der Waals surface area contributed by atoms with Gasteiger partial charge in [-0.25, -0.2) is 8.42 Å². The van der Waals surface area contributed by atoms with Gasteiger partial charge < -0.3 is 9.80 Å². The zero-order chi connectivity index (χ0) is 18.0. The molecule has 0 saturated carbocycles. The molecule has 2 aromatic rings. The van der Waals surface area contributed by atoms with Crippen LogP contribution < -0.4 is 9.21 Å². The SMILES string of the molecule is O=S(=O)(c1cccs1)N1CCN(CCN2CCCCC2)c2ccccc21. The molecule has 0 atom stereocenters. The highest BCUT2D eigenvalue weighted by atomic mass is 32.2. The average molecular weight is 392 g/mol. The van der Waals surface area contributed by atoms with Gasteiger partial charge in [0.1, 0.15) is 4.21 Å². The number of sulfonamides is 1. The molecule has 0 spiro atoms. The van der Waals surface area contributed by atoms with Crippen molar-refractivity contribution in [2.75, 3.05) is 48.5 Å². The van der Waals surface area contributed by atoms with E-state index in [1.54, 1.807) is 16.4 Å². The molecule has 0 N–H and O–H groups in total. The number of hydrogen-bond acceptors (Lipinski definition) is 5. The second-order valence-corrected chi connectivity index (χ2v) is 9.92. The van der Waals surface area contributed by atoms with Gasteiger partial charge in [0.25, 0.3) is 10.0 Å². The van der Waals surface area contributed by atoms with Crippen LogP contribution in [0.5, 0.6) is 0 Å². The Labute approximate surface area is 159 Å². The van der Waals surface area contributed by atoms with E-state index in [0.717, 1.165) is 31.0 Å². The smallest absolute Gasteiger partial charge is 0.273 e. The summed E-state index contributed by atoms with van der Waals surface area (Å²) in [5, 5.41) is 1.81. The van der Waals surface area contributed by atoms with Crippen molar-refractivity contribution in [2.45, 2.75) is 23.5 Å². The van der Waals surface area contributed by atoms with E-state index in [-0.39, 0.29) is 0 Å². The van der Waals surface area contributed by atoms with Crippen LogP contribution in [0.1, 0.15) is 19.3 Å². The highest BCUT2D eigenvalue weighted by Crippen LogP contribution is 2.37. The van der Waals surface area contributed by atoms with E-state index in [9.17, 15) is 8.42 Å². The molecular formula is C19H25N3O2S2. The molecule has 3 heterocycles. The quantitative estimate of drug-likeness (QED) is 0.785. The van der Waals surface area contributed by atoms with Crippen LogP contribution in [0.15, 0.2) is 46.0 Å². The maximum absolute atomic E-state index is 13.0. The molecule has 2 aliphatic rings. The summed E-state index contributed by atoms with van der Waals surface area (Å²) >= 11 is 1.28. The number of thiophene rings is 1. The number of nitrogens with zero attached hydrogens (tertiary/aromatic N) is 3. The van der Waals surface area contributed by atoms with Gasteiger partial charge in [-0.3, -0.25) is 4.31 Å². The molecule has 0 radical (unpaired) electrons. The summed E-state index contributed by atoms with van der Waals surface area (Å²) in [6, 6.07) is 11.4. The minimum Gasteiger partial charge on any atom is -0.367 e. The fourth-order valence-corrected chi connectivity index (χ4v) is 6.42. The number of para-hydroxylation sites is 2. The molecule has 7 heteroatoms. The predicted molar refractivity (Wildman–Crippen MR) is 108 cm³/mol. The first-order valence-electron chi connectivity index (χ1n) is 9.29. The lowest BCUT2D eigenvalue weighted by Gasteiger charge is -2.39. The zero-order valence-electron chi connectivity index (χ0n) is 14.9. The van der Waals surface area contributed by atoms with E-state index < -0.39 is 10.0 Å². The third-order valence-electron chi connectivity index (χ3n) is 5.24. The van der Waals surface area contributed by atoms with Crippen molar-refractivity contribution in [3.8, 4) is 0 Å². The Bertz CT molecular complexity index is 830. The van der Waals surface area contributed by atoms with E-state index in [1.165, 1.54) is 43.7 Å². The van der Waals surface area contributed by atoms with Gasteiger partial charge >= 0.3 is 0 Å². The summed E-state index contributed by atoms with van der Waals surface area (Å²) in [4.78, 5) is 4.87. The highest BCUT2D eigenvalue weighted by molar-refractivity contribution is 7.94. The van der Waals surface area contributed by atoms with Crippen molar-refractivity contribution >= 4 is 32.7 Å². The summed E-state index contributed by atoms with van der Waals surface area (Å²) in [6.07, 6.45) is 3.94. The van der Waals surface area contributed by atoms with E-state index in [4.69, 9.17) is 0 Å². The molecule has 140 valence electrons. The lowest BCUT2D eigenvalue weighted by atomic mass is 10.1. The van der Waals surface area contributed by atoms with Crippen LogP contribution in [-0.4, -0.2) is 52.6 Å². The Hall–Kier alpha value is -1.57. The fourth-order valence-electron chi connectivity index (χ4n) is 3.84. The predicted octanol–water partition coefficient (Wildman–Crippen LogP) is 3.25. The van der Waals surface area contributed by atoms with Crippen LogP contribution in [0.4, 0.5) is 11.4 Å². The first kappa shape index (κ1) is 17.8. The monoisotopic (exact) mass is 391 g/mol. The summed E-state index contributed by atoms with van der Waals surface area (Å²) in [6.45, 7) is 5.60. The minimum absolute atomic E-state index is 0.411. The third-order valence-corrected chi connectivity index (χ3v) is 8.42. The van der Waals surface area contributed by atoms with Crippen LogP contribution >= 0.6 is 11.3 Å². The third kappa shape index (κ3) is 3.48. The topological polar surface area (TPSA) is 43.9 Å². The van der Waals surface area contributed by atoms with Crippen LogP contribution in [0.25, 0.3) is 0 Å². The molecule has 1 aromatic heterocycles. The maximum atomic E-state index is 13.0. The Morgan fingerprint density at radius 2 is 1.62 bits per heavy atom. The van der Waals surface area contributed by atoms with Gasteiger partial charge in [-0.1, -0.05) is 24.6 Å². The van der Waals surface area contributed by atoms with Crippen molar-refractivity contribution in [3.05, 3.63) is 41.8 Å². The molecule has 4 rings (SSSR count).